The number of carbonyl (C=O) groups is 1. The van der Waals surface area contributed by atoms with E-state index in [1.165, 1.54) is 10.7 Å². The lowest BCUT2D eigenvalue weighted by atomic mass is 9.93. The first-order valence-electron chi connectivity index (χ1n) is 12.0. The van der Waals surface area contributed by atoms with Crippen LogP contribution in [0, 0.1) is 5.21 Å². The Hall–Kier alpha value is -3.75. The van der Waals surface area contributed by atoms with E-state index in [0.29, 0.717) is 60.5 Å². The fraction of sp³-hybridized carbons (Fsp3) is 0.417. The molecule has 14 heteroatoms. The molecule has 3 N–H and O–H groups in total. The number of carbonyl (C=O) groups excluding carboxylic acids is 1. The van der Waals surface area contributed by atoms with Gasteiger partial charge in [-0.25, -0.2) is 9.97 Å². The number of hydroxylamine groups is 3. The van der Waals surface area contributed by atoms with Gasteiger partial charge in [-0.05, 0) is 24.5 Å². The lowest BCUT2D eigenvalue weighted by Gasteiger charge is -2.48. The largest absolute Gasteiger partial charge is 0.633 e. The molecular formula is C24H28F3N8O3+. The van der Waals surface area contributed by atoms with Gasteiger partial charge in [0.25, 0.3) is 5.91 Å². The Balaban J connectivity index is 1.53. The molecule has 3 aromatic rings. The minimum absolute atomic E-state index is 0.0305. The number of alkyl halides is 3. The van der Waals surface area contributed by atoms with Gasteiger partial charge in [-0.1, -0.05) is 0 Å². The minimum Gasteiger partial charge on any atom is -0.633 e. The SMILES string of the molecule is Cn1nc(C(N)=O)c2c1-c1nc(Nc3cc([N+]4(C)CC[N+](C)([O-])CC4)ccc3OC(F)(F)F)ncc1CC2. The van der Waals surface area contributed by atoms with Gasteiger partial charge in [0.1, 0.15) is 31.9 Å². The third kappa shape index (κ3) is 4.89. The smallest absolute Gasteiger partial charge is 0.573 e. The van der Waals surface area contributed by atoms with E-state index in [4.69, 9.17) is 5.73 Å². The second-order valence-electron chi connectivity index (χ2n) is 10.2. The number of ether oxygens (including phenoxy) is 1. The third-order valence-electron chi connectivity index (χ3n) is 7.30. The number of benzene rings is 1. The van der Waals surface area contributed by atoms with E-state index < -0.39 is 18.0 Å². The number of nitrogens with two attached hydrogens (primary N) is 1. The molecule has 1 saturated heterocycles. The van der Waals surface area contributed by atoms with Crippen molar-refractivity contribution < 1.29 is 27.3 Å². The van der Waals surface area contributed by atoms with Crippen molar-refractivity contribution in [2.24, 2.45) is 12.8 Å². The van der Waals surface area contributed by atoms with E-state index in [1.807, 2.05) is 7.05 Å². The zero-order chi connectivity index (χ0) is 27.5. The Bertz CT molecular complexity index is 1410. The summed E-state index contributed by atoms with van der Waals surface area (Å²) in [7, 11) is 5.23. The van der Waals surface area contributed by atoms with Crippen LogP contribution in [0.25, 0.3) is 11.4 Å². The molecule has 1 aliphatic heterocycles. The molecule has 2 aromatic heterocycles. The lowest BCUT2D eigenvalue weighted by Crippen LogP contribution is -2.62. The van der Waals surface area contributed by atoms with E-state index in [0.717, 1.165) is 11.3 Å². The molecule has 202 valence electrons. The second-order valence-corrected chi connectivity index (χ2v) is 10.2. The number of hydrogen-bond donors (Lipinski definition) is 2. The van der Waals surface area contributed by atoms with Crippen LogP contribution in [0.3, 0.4) is 0 Å². The predicted molar refractivity (Wildman–Crippen MR) is 133 cm³/mol. The van der Waals surface area contributed by atoms with Crippen molar-refractivity contribution >= 4 is 23.2 Å². The third-order valence-corrected chi connectivity index (χ3v) is 7.30. The summed E-state index contributed by atoms with van der Waals surface area (Å²) in [6, 6.07) is 4.41. The van der Waals surface area contributed by atoms with E-state index in [-0.39, 0.29) is 22.0 Å². The Morgan fingerprint density at radius 3 is 2.55 bits per heavy atom. The number of anilines is 2. The fourth-order valence-electron chi connectivity index (χ4n) is 5.05. The zero-order valence-electron chi connectivity index (χ0n) is 21.2. The summed E-state index contributed by atoms with van der Waals surface area (Å²) in [5, 5.41) is 19.5. The first-order valence-corrected chi connectivity index (χ1v) is 12.0. The van der Waals surface area contributed by atoms with Gasteiger partial charge < -0.3 is 25.6 Å². The van der Waals surface area contributed by atoms with E-state index >= 15 is 0 Å². The van der Waals surface area contributed by atoms with Gasteiger partial charge in [-0.3, -0.25) is 14.0 Å². The standard InChI is InChI=1S/C24H27F3N8O3/c1-33-21-16(20(32-33)22(28)36)6-4-14-13-29-23(31-19(14)21)30-17-12-15(5-7-18(17)38-24(25,26)27)34(2)8-10-35(3,37)11-9-34/h5,7,12-13H,4,6,8-11H2,1-3H3,(H2-,28,29,30,31,36)/p+1. The second kappa shape index (κ2) is 8.92. The van der Waals surface area contributed by atoms with Crippen LogP contribution in [0.1, 0.15) is 21.6 Å². The molecule has 1 aromatic carbocycles. The molecule has 1 fully saturated rings. The number of amides is 1. The number of nitrogens with one attached hydrogen (secondary N) is 1. The average molecular weight is 534 g/mol. The Morgan fingerprint density at radius 2 is 1.89 bits per heavy atom. The number of quaternary nitrogens is 2. The van der Waals surface area contributed by atoms with Crippen molar-refractivity contribution in [1.29, 1.82) is 0 Å². The van der Waals surface area contributed by atoms with Crippen molar-refractivity contribution in [3.05, 3.63) is 46.4 Å². The van der Waals surface area contributed by atoms with Gasteiger partial charge in [0.15, 0.2) is 11.4 Å². The summed E-state index contributed by atoms with van der Waals surface area (Å²) in [6.45, 7) is 1.82. The summed E-state index contributed by atoms with van der Waals surface area (Å²) in [6.07, 6.45) is -2.22. The molecule has 1 aliphatic carbocycles. The van der Waals surface area contributed by atoms with Gasteiger partial charge in [0.05, 0.1) is 31.2 Å². The number of nitrogens with zero attached hydrogens (tertiary/aromatic N) is 6. The van der Waals surface area contributed by atoms with Crippen molar-refractivity contribution in [3.8, 4) is 17.1 Å². The number of hydrogen-bond acceptors (Lipinski definition) is 7. The van der Waals surface area contributed by atoms with Crippen LogP contribution < -0.4 is 20.3 Å². The van der Waals surface area contributed by atoms with Crippen LogP contribution in [0.2, 0.25) is 0 Å². The maximum absolute atomic E-state index is 13.2. The maximum atomic E-state index is 13.2. The molecule has 0 unspecified atom stereocenters. The van der Waals surface area contributed by atoms with E-state index in [1.54, 1.807) is 32.4 Å². The monoisotopic (exact) mass is 533 g/mol. The van der Waals surface area contributed by atoms with Crippen molar-refractivity contribution in [1.82, 2.24) is 24.2 Å². The van der Waals surface area contributed by atoms with Gasteiger partial charge in [0, 0.05) is 30.9 Å². The number of likely N-dealkylation sites (N-methyl/N-ethyl adjacent to an activating group) is 2. The molecule has 0 radical (unpaired) electrons. The van der Waals surface area contributed by atoms with E-state index in [2.05, 4.69) is 25.1 Å². The highest BCUT2D eigenvalue weighted by atomic mass is 19.4. The highest BCUT2D eigenvalue weighted by Gasteiger charge is 2.37. The summed E-state index contributed by atoms with van der Waals surface area (Å²) in [5.41, 5.74) is 9.02. The highest BCUT2D eigenvalue weighted by molar-refractivity contribution is 5.94. The molecule has 3 heterocycles. The van der Waals surface area contributed by atoms with Crippen molar-refractivity contribution in [2.75, 3.05) is 45.6 Å². The molecule has 11 nitrogen and oxygen atoms in total. The van der Waals surface area contributed by atoms with Gasteiger partial charge in [0.2, 0.25) is 5.95 Å². The van der Waals surface area contributed by atoms with Crippen molar-refractivity contribution in [2.45, 2.75) is 19.2 Å². The Morgan fingerprint density at radius 1 is 1.18 bits per heavy atom. The van der Waals surface area contributed by atoms with Crippen LogP contribution >= 0.6 is 0 Å². The minimum atomic E-state index is -4.91. The molecule has 5 rings (SSSR count). The summed E-state index contributed by atoms with van der Waals surface area (Å²) < 4.78 is 45.5. The molecule has 38 heavy (non-hydrogen) atoms. The van der Waals surface area contributed by atoms with Crippen LogP contribution in [0.15, 0.2) is 24.4 Å². The molecule has 0 spiro atoms. The lowest BCUT2D eigenvalue weighted by molar-refractivity contribution is -0.864. The Kier molecular flexibility index (Phi) is 6.08. The summed E-state index contributed by atoms with van der Waals surface area (Å²) >= 11 is 0. The molecule has 0 atom stereocenters. The van der Waals surface area contributed by atoms with Crippen molar-refractivity contribution in [3.63, 3.8) is 0 Å². The number of aryl methyl sites for hydroxylation is 2. The predicted octanol–water partition coefficient (Wildman–Crippen LogP) is 2.61. The fourth-order valence-corrected chi connectivity index (χ4v) is 5.05. The Labute approximate surface area is 216 Å². The van der Waals surface area contributed by atoms with Gasteiger partial charge >= 0.3 is 6.36 Å². The number of piperazine rings is 1. The number of fused-ring (bicyclic) bond motifs is 3. The quantitative estimate of drug-likeness (QED) is 0.381. The number of halogens is 3. The summed E-state index contributed by atoms with van der Waals surface area (Å²) in [4.78, 5) is 20.8. The van der Waals surface area contributed by atoms with Crippen LogP contribution in [-0.4, -0.2) is 76.9 Å². The number of primary amides is 1. The number of aromatic nitrogens is 4. The maximum Gasteiger partial charge on any atom is 0.573 e. The van der Waals surface area contributed by atoms with Gasteiger partial charge in [-0.15, -0.1) is 13.2 Å². The van der Waals surface area contributed by atoms with Crippen LogP contribution in [0.4, 0.5) is 30.5 Å². The molecule has 1 amide bonds. The van der Waals surface area contributed by atoms with Crippen LogP contribution in [0.5, 0.6) is 5.75 Å². The summed E-state index contributed by atoms with van der Waals surface area (Å²) in [5.74, 6) is -1.03. The molecular weight excluding hydrogens is 505 g/mol. The first-order chi connectivity index (χ1) is 17.7. The topological polar surface area (TPSA) is 131 Å². The van der Waals surface area contributed by atoms with Crippen LogP contribution in [-0.2, 0) is 19.9 Å². The molecule has 0 bridgehead atoms. The highest BCUT2D eigenvalue weighted by Crippen LogP contribution is 2.39. The molecule has 2 aliphatic rings. The number of rotatable bonds is 5. The first kappa shape index (κ1) is 25.9. The van der Waals surface area contributed by atoms with E-state index in [9.17, 15) is 23.2 Å². The zero-order valence-corrected chi connectivity index (χ0v) is 21.2. The normalized spacial score (nSPS) is 22.9. The average Bonchev–Trinajstić information content (AvgIpc) is 3.18. The molecule has 0 saturated carbocycles. The van der Waals surface area contributed by atoms with Gasteiger partial charge in [-0.2, -0.15) is 5.10 Å².